The van der Waals surface area contributed by atoms with Gasteiger partial charge < -0.3 is 4.90 Å². The predicted octanol–water partition coefficient (Wildman–Crippen LogP) is 6.71. The summed E-state index contributed by atoms with van der Waals surface area (Å²) in [5, 5.41) is 2.67. The predicted molar refractivity (Wildman–Crippen MR) is 150 cm³/mol. The number of aromatic nitrogens is 2. The van der Waals surface area contributed by atoms with E-state index >= 15 is 0 Å². The third-order valence-electron chi connectivity index (χ3n) is 7.06. The molecule has 0 saturated carbocycles. The van der Waals surface area contributed by atoms with Crippen molar-refractivity contribution < 1.29 is 4.79 Å². The first kappa shape index (κ1) is 24.4. The van der Waals surface area contributed by atoms with Gasteiger partial charge in [0.1, 0.15) is 5.82 Å². The highest BCUT2D eigenvalue weighted by atomic mass is 16.2. The van der Waals surface area contributed by atoms with Crippen molar-refractivity contribution in [1.82, 2.24) is 14.5 Å². The fourth-order valence-electron chi connectivity index (χ4n) is 5.04. The SMILES string of the molecule is CCc1ccc(-n2c(C(CC)N(CC)C(=O)c3ccc4ccccc4c3)nc3ccccc3c2=O)cc1. The maximum Gasteiger partial charge on any atom is 0.266 e. The van der Waals surface area contributed by atoms with E-state index in [9.17, 15) is 9.59 Å². The number of aryl methyl sites for hydroxylation is 1. The minimum absolute atomic E-state index is 0.0737. The minimum atomic E-state index is -0.382. The maximum atomic E-state index is 13.9. The molecule has 37 heavy (non-hydrogen) atoms. The molecule has 186 valence electrons. The fraction of sp³-hybridized carbons (Fsp3) is 0.219. The minimum Gasteiger partial charge on any atom is -0.329 e. The summed E-state index contributed by atoms with van der Waals surface area (Å²) < 4.78 is 1.69. The Kier molecular flexibility index (Phi) is 6.87. The second-order valence-corrected chi connectivity index (χ2v) is 9.22. The highest BCUT2D eigenvalue weighted by Gasteiger charge is 2.29. The van der Waals surface area contributed by atoms with Crippen molar-refractivity contribution in [1.29, 1.82) is 0 Å². The maximum absolute atomic E-state index is 13.9. The molecule has 1 heterocycles. The Morgan fingerprint density at radius 2 is 1.57 bits per heavy atom. The molecule has 4 aromatic carbocycles. The molecule has 0 radical (unpaired) electrons. The third-order valence-corrected chi connectivity index (χ3v) is 7.06. The van der Waals surface area contributed by atoms with Gasteiger partial charge in [-0.3, -0.25) is 14.2 Å². The monoisotopic (exact) mass is 489 g/mol. The van der Waals surface area contributed by atoms with Crippen LogP contribution < -0.4 is 5.56 Å². The van der Waals surface area contributed by atoms with Crippen LogP contribution in [0.2, 0.25) is 0 Å². The van der Waals surface area contributed by atoms with Crippen molar-refractivity contribution in [3.8, 4) is 5.69 Å². The van der Waals surface area contributed by atoms with Gasteiger partial charge in [-0.2, -0.15) is 0 Å². The van der Waals surface area contributed by atoms with Gasteiger partial charge >= 0.3 is 0 Å². The molecule has 0 bridgehead atoms. The van der Waals surface area contributed by atoms with E-state index in [1.807, 2.05) is 110 Å². The van der Waals surface area contributed by atoms with E-state index in [-0.39, 0.29) is 17.5 Å². The summed E-state index contributed by atoms with van der Waals surface area (Å²) in [5.41, 5.74) is 3.08. The summed E-state index contributed by atoms with van der Waals surface area (Å²) in [4.78, 5) is 34.5. The third kappa shape index (κ3) is 4.53. The van der Waals surface area contributed by atoms with Crippen LogP contribution in [0.4, 0.5) is 0 Å². The average molecular weight is 490 g/mol. The first-order valence-corrected chi connectivity index (χ1v) is 13.0. The molecule has 0 spiro atoms. The van der Waals surface area contributed by atoms with Crippen LogP contribution in [0.1, 0.15) is 55.0 Å². The summed E-state index contributed by atoms with van der Waals surface area (Å²) in [6.07, 6.45) is 1.53. The van der Waals surface area contributed by atoms with E-state index in [2.05, 4.69) is 6.92 Å². The van der Waals surface area contributed by atoms with Gasteiger partial charge in [-0.1, -0.05) is 68.4 Å². The number of carbonyl (C=O) groups is 1. The molecule has 0 aliphatic carbocycles. The molecular weight excluding hydrogens is 458 g/mol. The van der Waals surface area contributed by atoms with Gasteiger partial charge in [0, 0.05) is 12.1 Å². The van der Waals surface area contributed by atoms with Crippen molar-refractivity contribution in [3.05, 3.63) is 118 Å². The Morgan fingerprint density at radius 3 is 2.27 bits per heavy atom. The lowest BCUT2D eigenvalue weighted by Crippen LogP contribution is -2.38. The second-order valence-electron chi connectivity index (χ2n) is 9.22. The van der Waals surface area contributed by atoms with Crippen molar-refractivity contribution >= 4 is 27.6 Å². The second kappa shape index (κ2) is 10.4. The largest absolute Gasteiger partial charge is 0.329 e. The molecular formula is C32H31N3O2. The number of fused-ring (bicyclic) bond motifs is 2. The zero-order valence-corrected chi connectivity index (χ0v) is 21.5. The molecule has 0 aliphatic rings. The first-order valence-electron chi connectivity index (χ1n) is 13.0. The van der Waals surface area contributed by atoms with E-state index in [1.165, 1.54) is 5.56 Å². The Hall–Kier alpha value is -4.25. The molecule has 5 aromatic rings. The molecule has 1 amide bonds. The lowest BCUT2D eigenvalue weighted by Gasteiger charge is -2.31. The molecule has 5 rings (SSSR count). The van der Waals surface area contributed by atoms with Gasteiger partial charge in [0.25, 0.3) is 11.5 Å². The van der Waals surface area contributed by atoms with Gasteiger partial charge in [-0.25, -0.2) is 4.98 Å². The molecule has 5 nitrogen and oxygen atoms in total. The summed E-state index contributed by atoms with van der Waals surface area (Å²) >= 11 is 0. The molecule has 0 saturated heterocycles. The van der Waals surface area contributed by atoms with Crippen LogP contribution in [0.3, 0.4) is 0 Å². The van der Waals surface area contributed by atoms with Gasteiger partial charge in [-0.05, 0) is 72.5 Å². The van der Waals surface area contributed by atoms with Crippen LogP contribution in [0, 0.1) is 0 Å². The number of para-hydroxylation sites is 1. The normalized spacial score (nSPS) is 12.1. The number of benzene rings is 4. The molecule has 0 N–H and O–H groups in total. The Bertz CT molecular complexity index is 1640. The quantitative estimate of drug-likeness (QED) is 0.255. The van der Waals surface area contributed by atoms with E-state index in [0.717, 1.165) is 22.9 Å². The van der Waals surface area contributed by atoms with Crippen molar-refractivity contribution in [2.24, 2.45) is 0 Å². The first-order chi connectivity index (χ1) is 18.0. The van der Waals surface area contributed by atoms with Gasteiger partial charge in [0.15, 0.2) is 0 Å². The van der Waals surface area contributed by atoms with Crippen molar-refractivity contribution in [3.63, 3.8) is 0 Å². The zero-order chi connectivity index (χ0) is 25.9. The highest BCUT2D eigenvalue weighted by Crippen LogP contribution is 2.28. The number of amides is 1. The van der Waals surface area contributed by atoms with Crippen LogP contribution in [-0.4, -0.2) is 26.9 Å². The van der Waals surface area contributed by atoms with Gasteiger partial charge in [0.05, 0.1) is 22.6 Å². The Labute approximate surface area is 217 Å². The van der Waals surface area contributed by atoms with E-state index < -0.39 is 0 Å². The molecule has 1 unspecified atom stereocenters. The van der Waals surface area contributed by atoms with Crippen LogP contribution in [-0.2, 0) is 6.42 Å². The standard InChI is InChI=1S/C32H31N3O2/c1-4-22-15-19-26(20-16-22)35-30(33-28-14-10-9-13-27(28)32(35)37)29(5-2)34(6-3)31(36)25-18-17-23-11-7-8-12-24(23)21-25/h7-21,29H,4-6H2,1-3H3. The smallest absolute Gasteiger partial charge is 0.266 e. The van der Waals surface area contributed by atoms with Crippen LogP contribution >= 0.6 is 0 Å². The molecule has 1 aromatic heterocycles. The number of hydrogen-bond acceptors (Lipinski definition) is 3. The van der Waals surface area contributed by atoms with Gasteiger partial charge in [-0.15, -0.1) is 0 Å². The number of rotatable bonds is 7. The molecule has 0 fully saturated rings. The van der Waals surface area contributed by atoms with E-state index in [0.29, 0.717) is 35.3 Å². The number of carbonyl (C=O) groups excluding carboxylic acids is 1. The lowest BCUT2D eigenvalue weighted by molar-refractivity contribution is 0.0672. The Morgan fingerprint density at radius 1 is 0.865 bits per heavy atom. The molecule has 1 atom stereocenters. The van der Waals surface area contributed by atoms with E-state index in [4.69, 9.17) is 4.98 Å². The van der Waals surface area contributed by atoms with Crippen LogP contribution in [0.5, 0.6) is 0 Å². The van der Waals surface area contributed by atoms with E-state index in [1.54, 1.807) is 4.57 Å². The van der Waals surface area contributed by atoms with Gasteiger partial charge in [0.2, 0.25) is 0 Å². The molecule has 5 heteroatoms. The molecule has 0 aliphatic heterocycles. The summed E-state index contributed by atoms with van der Waals surface area (Å²) in [6, 6.07) is 28.9. The van der Waals surface area contributed by atoms with Crippen molar-refractivity contribution in [2.75, 3.05) is 6.54 Å². The zero-order valence-electron chi connectivity index (χ0n) is 21.5. The number of nitrogens with zero attached hydrogens (tertiary/aromatic N) is 3. The topological polar surface area (TPSA) is 55.2 Å². The highest BCUT2D eigenvalue weighted by molar-refractivity contribution is 5.98. The summed E-state index contributed by atoms with van der Waals surface area (Å²) in [7, 11) is 0. The average Bonchev–Trinajstić information content (AvgIpc) is 2.95. The summed E-state index contributed by atoms with van der Waals surface area (Å²) in [5.74, 6) is 0.502. The number of hydrogen-bond donors (Lipinski definition) is 0. The fourth-order valence-corrected chi connectivity index (χ4v) is 5.04. The lowest BCUT2D eigenvalue weighted by atomic mass is 10.0. The Balaban J connectivity index is 1.67. The van der Waals surface area contributed by atoms with Crippen molar-refractivity contribution in [2.45, 2.75) is 39.7 Å². The summed E-state index contributed by atoms with van der Waals surface area (Å²) in [6.45, 7) is 6.60. The van der Waals surface area contributed by atoms with Crippen LogP contribution in [0.25, 0.3) is 27.4 Å². The van der Waals surface area contributed by atoms with Crippen LogP contribution in [0.15, 0.2) is 95.8 Å².